The van der Waals surface area contributed by atoms with E-state index in [1.165, 1.54) is 6.07 Å². The van der Waals surface area contributed by atoms with Crippen molar-refractivity contribution in [3.05, 3.63) is 58.1 Å². The molecule has 100 valence electrons. The third-order valence-electron chi connectivity index (χ3n) is 2.87. The van der Waals surface area contributed by atoms with Crippen molar-refractivity contribution in [2.24, 2.45) is 0 Å². The van der Waals surface area contributed by atoms with Gasteiger partial charge in [-0.15, -0.1) is 0 Å². The summed E-state index contributed by atoms with van der Waals surface area (Å²) in [6, 6.07) is 8.32. The van der Waals surface area contributed by atoms with Crippen molar-refractivity contribution in [2.45, 2.75) is 6.04 Å². The van der Waals surface area contributed by atoms with Crippen molar-refractivity contribution < 1.29 is 9.13 Å². The van der Waals surface area contributed by atoms with Gasteiger partial charge in [0, 0.05) is 6.20 Å². The van der Waals surface area contributed by atoms with Crippen LogP contribution >= 0.6 is 15.9 Å². The second kappa shape index (κ2) is 6.12. The van der Waals surface area contributed by atoms with Crippen LogP contribution in [0.4, 0.5) is 4.39 Å². The molecule has 2 rings (SSSR count). The van der Waals surface area contributed by atoms with Gasteiger partial charge in [0.2, 0.25) is 0 Å². The van der Waals surface area contributed by atoms with Crippen molar-refractivity contribution in [1.82, 2.24) is 10.3 Å². The second-order valence-electron chi connectivity index (χ2n) is 3.96. The minimum absolute atomic E-state index is 0.249. The number of nitrogens with one attached hydrogen (secondary N) is 1. The van der Waals surface area contributed by atoms with Crippen LogP contribution in [0.1, 0.15) is 17.3 Å². The molecule has 1 atom stereocenters. The number of pyridine rings is 1. The maximum absolute atomic E-state index is 13.6. The lowest BCUT2D eigenvalue weighted by Gasteiger charge is -2.20. The van der Waals surface area contributed by atoms with Gasteiger partial charge in [-0.05, 0) is 46.7 Å². The molecule has 2 aromatic rings. The Morgan fingerprint density at radius 2 is 2.11 bits per heavy atom. The monoisotopic (exact) mass is 324 g/mol. The summed E-state index contributed by atoms with van der Waals surface area (Å²) in [5, 5.41) is 3.14. The van der Waals surface area contributed by atoms with Crippen LogP contribution in [0, 0.1) is 5.82 Å². The number of benzene rings is 1. The van der Waals surface area contributed by atoms with Crippen molar-refractivity contribution in [3.8, 4) is 5.75 Å². The molecule has 1 unspecified atom stereocenters. The van der Waals surface area contributed by atoms with Crippen LogP contribution in [0.25, 0.3) is 0 Å². The zero-order chi connectivity index (χ0) is 13.8. The predicted molar refractivity (Wildman–Crippen MR) is 75.8 cm³/mol. The lowest BCUT2D eigenvalue weighted by molar-refractivity contribution is 0.401. The minimum atomic E-state index is -0.298. The maximum atomic E-state index is 13.6. The number of methoxy groups -OCH3 is 1. The Kier molecular flexibility index (Phi) is 4.50. The van der Waals surface area contributed by atoms with E-state index in [9.17, 15) is 4.39 Å². The van der Waals surface area contributed by atoms with Crippen molar-refractivity contribution in [1.29, 1.82) is 0 Å². The number of nitrogens with zero attached hydrogens (tertiary/aromatic N) is 1. The smallest absolute Gasteiger partial charge is 0.142 e. The molecule has 0 fully saturated rings. The van der Waals surface area contributed by atoms with Crippen molar-refractivity contribution in [2.75, 3.05) is 14.2 Å². The highest BCUT2D eigenvalue weighted by atomic mass is 79.9. The van der Waals surface area contributed by atoms with E-state index in [0.717, 1.165) is 11.3 Å². The fraction of sp³-hybridized carbons (Fsp3) is 0.214. The molecule has 0 amide bonds. The Balaban J connectivity index is 2.53. The van der Waals surface area contributed by atoms with Gasteiger partial charge in [0.25, 0.3) is 0 Å². The molecule has 3 nitrogen and oxygen atoms in total. The highest BCUT2D eigenvalue weighted by Crippen LogP contribution is 2.33. The van der Waals surface area contributed by atoms with E-state index in [1.807, 2.05) is 12.1 Å². The fourth-order valence-electron chi connectivity index (χ4n) is 1.98. The Morgan fingerprint density at radius 3 is 2.79 bits per heavy atom. The molecule has 0 saturated carbocycles. The largest absolute Gasteiger partial charge is 0.495 e. The van der Waals surface area contributed by atoms with Gasteiger partial charge in [-0.2, -0.15) is 0 Å². The average molecular weight is 325 g/mol. The average Bonchev–Trinajstić information content (AvgIpc) is 2.45. The van der Waals surface area contributed by atoms with Gasteiger partial charge in [-0.25, -0.2) is 4.39 Å². The molecular formula is C14H14BrFN2O. The van der Waals surface area contributed by atoms with Crippen LogP contribution in [0.15, 0.2) is 41.0 Å². The summed E-state index contributed by atoms with van der Waals surface area (Å²) in [5.41, 5.74) is 1.50. The molecule has 0 spiro atoms. The summed E-state index contributed by atoms with van der Waals surface area (Å²) in [5.74, 6) is 0.366. The number of hydrogen-bond donors (Lipinski definition) is 1. The van der Waals surface area contributed by atoms with E-state index < -0.39 is 0 Å². The number of ether oxygens (including phenoxy) is 1. The SMILES string of the molecule is CNC(c1cccc(F)c1Br)c1ncccc1OC. The zero-order valence-corrected chi connectivity index (χ0v) is 12.2. The van der Waals surface area contributed by atoms with Gasteiger partial charge in [0.1, 0.15) is 17.3 Å². The predicted octanol–water partition coefficient (Wildman–Crippen LogP) is 3.30. The van der Waals surface area contributed by atoms with Crippen molar-refractivity contribution >= 4 is 15.9 Å². The lowest BCUT2D eigenvalue weighted by Crippen LogP contribution is -2.20. The van der Waals surface area contributed by atoms with Gasteiger partial charge in [-0.3, -0.25) is 4.98 Å². The van der Waals surface area contributed by atoms with E-state index in [0.29, 0.717) is 10.2 Å². The van der Waals surface area contributed by atoms with Gasteiger partial charge in [-0.1, -0.05) is 12.1 Å². The molecule has 0 bridgehead atoms. The highest BCUT2D eigenvalue weighted by Gasteiger charge is 2.21. The van der Waals surface area contributed by atoms with Gasteiger partial charge in [0.05, 0.1) is 17.6 Å². The van der Waals surface area contributed by atoms with E-state index in [2.05, 4.69) is 26.2 Å². The van der Waals surface area contributed by atoms with Crippen LogP contribution in [0.2, 0.25) is 0 Å². The highest BCUT2D eigenvalue weighted by molar-refractivity contribution is 9.10. The molecule has 1 N–H and O–H groups in total. The Morgan fingerprint density at radius 1 is 1.32 bits per heavy atom. The van der Waals surface area contributed by atoms with Crippen LogP contribution in [-0.2, 0) is 0 Å². The first-order valence-electron chi connectivity index (χ1n) is 5.79. The van der Waals surface area contributed by atoms with E-state index in [1.54, 1.807) is 32.5 Å². The number of halogens is 2. The maximum Gasteiger partial charge on any atom is 0.142 e. The minimum Gasteiger partial charge on any atom is -0.495 e. The zero-order valence-electron chi connectivity index (χ0n) is 10.7. The Hall–Kier alpha value is -1.46. The molecule has 0 aliphatic carbocycles. The van der Waals surface area contributed by atoms with Crippen LogP contribution < -0.4 is 10.1 Å². The van der Waals surface area contributed by atoms with Crippen LogP contribution in [0.5, 0.6) is 5.75 Å². The van der Waals surface area contributed by atoms with E-state index in [-0.39, 0.29) is 11.9 Å². The Bertz CT molecular complexity index is 577. The normalized spacial score (nSPS) is 12.2. The summed E-state index contributed by atoms with van der Waals surface area (Å²) in [6.45, 7) is 0. The van der Waals surface area contributed by atoms with Crippen molar-refractivity contribution in [3.63, 3.8) is 0 Å². The van der Waals surface area contributed by atoms with Gasteiger partial charge in [0.15, 0.2) is 0 Å². The number of rotatable bonds is 4. The first kappa shape index (κ1) is 14.0. The van der Waals surface area contributed by atoms with Crippen LogP contribution in [0.3, 0.4) is 0 Å². The molecule has 0 aliphatic rings. The molecule has 0 saturated heterocycles. The standard InChI is InChI=1S/C14H14BrFN2O/c1-17-13(9-5-3-6-10(16)12(9)15)14-11(19-2)7-4-8-18-14/h3-8,13,17H,1-2H3. The molecule has 1 aromatic heterocycles. The van der Waals surface area contributed by atoms with Crippen LogP contribution in [-0.4, -0.2) is 19.1 Å². The molecule has 5 heteroatoms. The topological polar surface area (TPSA) is 34.2 Å². The summed E-state index contributed by atoms with van der Waals surface area (Å²) < 4.78 is 19.4. The second-order valence-corrected chi connectivity index (χ2v) is 4.75. The molecule has 1 heterocycles. The van der Waals surface area contributed by atoms with E-state index in [4.69, 9.17) is 4.74 Å². The molecule has 19 heavy (non-hydrogen) atoms. The third-order valence-corrected chi connectivity index (χ3v) is 3.71. The quantitative estimate of drug-likeness (QED) is 0.937. The first-order chi connectivity index (χ1) is 9.19. The molecule has 1 aromatic carbocycles. The number of hydrogen-bond acceptors (Lipinski definition) is 3. The molecule has 0 radical (unpaired) electrons. The fourth-order valence-corrected chi connectivity index (χ4v) is 2.47. The third kappa shape index (κ3) is 2.77. The van der Waals surface area contributed by atoms with E-state index >= 15 is 0 Å². The molecule has 0 aliphatic heterocycles. The summed E-state index contributed by atoms with van der Waals surface area (Å²) in [6.07, 6.45) is 1.69. The molecular weight excluding hydrogens is 311 g/mol. The summed E-state index contributed by atoms with van der Waals surface area (Å²) >= 11 is 3.28. The first-order valence-corrected chi connectivity index (χ1v) is 6.58. The Labute approximate surface area is 119 Å². The van der Waals surface area contributed by atoms with Gasteiger partial charge < -0.3 is 10.1 Å². The number of aromatic nitrogens is 1. The summed E-state index contributed by atoms with van der Waals surface area (Å²) in [4.78, 5) is 4.34. The lowest BCUT2D eigenvalue weighted by atomic mass is 10.0. The van der Waals surface area contributed by atoms with Gasteiger partial charge >= 0.3 is 0 Å². The summed E-state index contributed by atoms with van der Waals surface area (Å²) in [7, 11) is 3.39.